The van der Waals surface area contributed by atoms with E-state index in [1.54, 1.807) is 0 Å². The summed E-state index contributed by atoms with van der Waals surface area (Å²) >= 11 is 0. The van der Waals surface area contributed by atoms with E-state index in [-0.39, 0.29) is 10.8 Å². The van der Waals surface area contributed by atoms with Crippen LogP contribution < -0.4 is 0 Å². The number of nitrogens with one attached hydrogen (secondary N) is 1. The number of aromatic amines is 1. The predicted molar refractivity (Wildman–Crippen MR) is 91.4 cm³/mol. The summed E-state index contributed by atoms with van der Waals surface area (Å²) in [5.74, 6) is 0. The van der Waals surface area contributed by atoms with E-state index in [1.807, 2.05) is 0 Å². The standard InChI is InChI=1S/C18H30N4/c1-12-15(17(4,5)6)11-22(21-12)10-9-18(7,8)16-13(2)19-20-14(16)3/h11H,9-10H2,1-8H3,(H,19,20). The van der Waals surface area contributed by atoms with Gasteiger partial charge >= 0.3 is 0 Å². The minimum absolute atomic E-state index is 0.0862. The molecular formula is C18H30N4. The number of aryl methyl sites for hydroxylation is 4. The van der Waals surface area contributed by atoms with Gasteiger partial charge in [-0.15, -0.1) is 0 Å². The Morgan fingerprint density at radius 2 is 1.68 bits per heavy atom. The molecule has 0 aliphatic heterocycles. The molecule has 1 N–H and O–H groups in total. The summed E-state index contributed by atoms with van der Waals surface area (Å²) in [5.41, 5.74) is 6.33. The van der Waals surface area contributed by atoms with Gasteiger partial charge in [-0.05, 0) is 43.6 Å². The smallest absolute Gasteiger partial charge is 0.0631 e. The maximum atomic E-state index is 4.70. The summed E-state index contributed by atoms with van der Waals surface area (Å²) < 4.78 is 2.10. The lowest BCUT2D eigenvalue weighted by atomic mass is 9.80. The van der Waals surface area contributed by atoms with Gasteiger partial charge < -0.3 is 0 Å². The van der Waals surface area contributed by atoms with Gasteiger partial charge in [0.25, 0.3) is 0 Å². The van der Waals surface area contributed by atoms with Gasteiger partial charge in [-0.2, -0.15) is 10.2 Å². The first kappa shape index (κ1) is 16.8. The average molecular weight is 302 g/mol. The predicted octanol–water partition coefficient (Wildman–Crippen LogP) is 4.20. The van der Waals surface area contributed by atoms with Crippen LogP contribution in [0.5, 0.6) is 0 Å². The van der Waals surface area contributed by atoms with E-state index in [0.29, 0.717) is 0 Å². The van der Waals surface area contributed by atoms with E-state index in [0.717, 1.165) is 24.4 Å². The van der Waals surface area contributed by atoms with Crippen LogP contribution in [0.1, 0.15) is 69.2 Å². The molecule has 0 spiro atoms. The lowest BCUT2D eigenvalue weighted by molar-refractivity contribution is 0.416. The lowest BCUT2D eigenvalue weighted by Gasteiger charge is -2.25. The zero-order valence-electron chi connectivity index (χ0n) is 15.3. The van der Waals surface area contributed by atoms with E-state index in [1.165, 1.54) is 16.8 Å². The fourth-order valence-electron chi connectivity index (χ4n) is 3.44. The Balaban J connectivity index is 2.16. The molecule has 22 heavy (non-hydrogen) atoms. The highest BCUT2D eigenvalue weighted by Crippen LogP contribution is 2.32. The van der Waals surface area contributed by atoms with Crippen LogP contribution >= 0.6 is 0 Å². The van der Waals surface area contributed by atoms with Crippen molar-refractivity contribution >= 4 is 0 Å². The molecule has 0 bridgehead atoms. The van der Waals surface area contributed by atoms with Crippen molar-refractivity contribution in [2.45, 2.75) is 79.2 Å². The third kappa shape index (κ3) is 3.26. The van der Waals surface area contributed by atoms with Crippen LogP contribution in [0, 0.1) is 20.8 Å². The van der Waals surface area contributed by atoms with Gasteiger partial charge in [-0.3, -0.25) is 9.78 Å². The van der Waals surface area contributed by atoms with Gasteiger partial charge in [-0.25, -0.2) is 0 Å². The highest BCUT2D eigenvalue weighted by Gasteiger charge is 2.27. The minimum atomic E-state index is 0.0862. The molecule has 0 saturated carbocycles. The minimum Gasteiger partial charge on any atom is -0.282 e. The Kier molecular flexibility index (Phi) is 4.24. The molecule has 0 amide bonds. The van der Waals surface area contributed by atoms with Crippen LogP contribution in [0.25, 0.3) is 0 Å². The summed E-state index contributed by atoms with van der Waals surface area (Å²) in [7, 11) is 0. The van der Waals surface area contributed by atoms with Crippen LogP contribution in [0.4, 0.5) is 0 Å². The second kappa shape index (κ2) is 5.56. The summed E-state index contributed by atoms with van der Waals surface area (Å²) in [5, 5.41) is 12.1. The summed E-state index contributed by atoms with van der Waals surface area (Å²) in [6.45, 7) is 18.5. The van der Waals surface area contributed by atoms with Crippen molar-refractivity contribution in [1.29, 1.82) is 0 Å². The maximum absolute atomic E-state index is 4.70. The van der Waals surface area contributed by atoms with E-state index >= 15 is 0 Å². The van der Waals surface area contributed by atoms with E-state index in [2.05, 4.69) is 76.5 Å². The topological polar surface area (TPSA) is 46.5 Å². The molecule has 0 aliphatic rings. The van der Waals surface area contributed by atoms with Crippen molar-refractivity contribution in [2.75, 3.05) is 0 Å². The highest BCUT2D eigenvalue weighted by molar-refractivity contribution is 5.31. The molecule has 4 nitrogen and oxygen atoms in total. The molecule has 2 rings (SSSR count). The highest BCUT2D eigenvalue weighted by atomic mass is 15.3. The largest absolute Gasteiger partial charge is 0.282 e. The van der Waals surface area contributed by atoms with Gasteiger partial charge in [0.1, 0.15) is 0 Å². The quantitative estimate of drug-likeness (QED) is 0.920. The molecule has 2 aromatic heterocycles. The van der Waals surface area contributed by atoms with E-state index in [4.69, 9.17) is 5.10 Å². The van der Waals surface area contributed by atoms with Gasteiger partial charge in [0.05, 0.1) is 11.4 Å². The van der Waals surface area contributed by atoms with Crippen LogP contribution in [0.15, 0.2) is 6.20 Å². The number of aromatic nitrogens is 4. The Morgan fingerprint density at radius 3 is 2.14 bits per heavy atom. The lowest BCUT2D eigenvalue weighted by Crippen LogP contribution is -2.21. The molecule has 0 unspecified atom stereocenters. The first-order valence-electron chi connectivity index (χ1n) is 8.09. The Bertz CT molecular complexity index is 634. The zero-order valence-corrected chi connectivity index (χ0v) is 15.3. The fourth-order valence-corrected chi connectivity index (χ4v) is 3.44. The molecule has 0 aliphatic carbocycles. The van der Waals surface area contributed by atoms with E-state index < -0.39 is 0 Å². The summed E-state index contributed by atoms with van der Waals surface area (Å²) in [4.78, 5) is 0. The fraction of sp³-hybridized carbons (Fsp3) is 0.667. The molecule has 122 valence electrons. The molecule has 0 aromatic carbocycles. The van der Waals surface area contributed by atoms with Crippen molar-refractivity contribution in [3.05, 3.63) is 34.4 Å². The van der Waals surface area contributed by atoms with Crippen LogP contribution in [-0.4, -0.2) is 20.0 Å². The van der Waals surface area contributed by atoms with Crippen molar-refractivity contribution in [2.24, 2.45) is 0 Å². The number of rotatable bonds is 4. The normalized spacial score (nSPS) is 12.9. The number of nitrogens with zero attached hydrogens (tertiary/aromatic N) is 3. The number of H-pyrrole nitrogens is 1. The molecule has 2 heterocycles. The van der Waals surface area contributed by atoms with Crippen LogP contribution in [0.3, 0.4) is 0 Å². The van der Waals surface area contributed by atoms with Crippen molar-refractivity contribution in [3.8, 4) is 0 Å². The Labute approximate surface area is 134 Å². The van der Waals surface area contributed by atoms with Crippen molar-refractivity contribution in [3.63, 3.8) is 0 Å². The molecule has 0 radical (unpaired) electrons. The molecule has 0 atom stereocenters. The number of hydrogen-bond donors (Lipinski definition) is 1. The van der Waals surface area contributed by atoms with Crippen molar-refractivity contribution < 1.29 is 0 Å². The second-order valence-electron chi connectivity index (χ2n) is 8.08. The molecule has 0 fully saturated rings. The molecule has 2 aromatic rings. The summed E-state index contributed by atoms with van der Waals surface area (Å²) in [6, 6.07) is 0. The maximum Gasteiger partial charge on any atom is 0.0631 e. The third-order valence-electron chi connectivity index (χ3n) is 4.53. The second-order valence-corrected chi connectivity index (χ2v) is 8.08. The first-order valence-corrected chi connectivity index (χ1v) is 8.09. The number of hydrogen-bond acceptors (Lipinski definition) is 2. The van der Waals surface area contributed by atoms with Gasteiger partial charge in [0, 0.05) is 24.0 Å². The van der Waals surface area contributed by atoms with Gasteiger partial charge in [-0.1, -0.05) is 34.6 Å². The monoisotopic (exact) mass is 302 g/mol. The van der Waals surface area contributed by atoms with Crippen molar-refractivity contribution in [1.82, 2.24) is 20.0 Å². The first-order chi connectivity index (χ1) is 10.0. The third-order valence-corrected chi connectivity index (χ3v) is 4.53. The average Bonchev–Trinajstić information content (AvgIpc) is 2.90. The van der Waals surface area contributed by atoms with Crippen LogP contribution in [0.2, 0.25) is 0 Å². The molecule has 4 heteroatoms. The zero-order chi connectivity index (χ0) is 16.7. The summed E-state index contributed by atoms with van der Waals surface area (Å²) in [6.07, 6.45) is 3.25. The van der Waals surface area contributed by atoms with Gasteiger partial charge in [0.2, 0.25) is 0 Å². The molecular weight excluding hydrogens is 272 g/mol. The van der Waals surface area contributed by atoms with Crippen LogP contribution in [-0.2, 0) is 17.4 Å². The Hall–Kier alpha value is -1.58. The Morgan fingerprint density at radius 1 is 1.05 bits per heavy atom. The SMILES string of the molecule is Cc1nn(CCC(C)(C)c2c(C)n[nH]c2C)cc1C(C)(C)C. The van der Waals surface area contributed by atoms with Gasteiger partial charge in [0.15, 0.2) is 0 Å². The van der Waals surface area contributed by atoms with E-state index in [9.17, 15) is 0 Å². The molecule has 0 saturated heterocycles.